The highest BCUT2D eigenvalue weighted by atomic mass is 32.2. The Morgan fingerprint density at radius 1 is 1.35 bits per heavy atom. The van der Waals surface area contributed by atoms with E-state index in [0.717, 1.165) is 5.56 Å². The standard InChI is InChI=1S/C13H16N4O2S/c1-9-2-4-10(5-3-9)8-11-15-16-13(17(11)14)20-7-6-12(18)19/h2-5H,6-8,14H2,1H3,(H,18,19). The van der Waals surface area contributed by atoms with Crippen LogP contribution in [0.2, 0.25) is 0 Å². The fourth-order valence-electron chi connectivity index (χ4n) is 1.64. The van der Waals surface area contributed by atoms with Crippen molar-refractivity contribution < 1.29 is 9.90 Å². The molecule has 1 aromatic carbocycles. The predicted octanol–water partition coefficient (Wildman–Crippen LogP) is 1.46. The summed E-state index contributed by atoms with van der Waals surface area (Å²) < 4.78 is 1.42. The molecule has 7 heteroatoms. The molecule has 0 spiro atoms. The third-order valence-corrected chi connectivity index (χ3v) is 3.71. The van der Waals surface area contributed by atoms with E-state index in [1.165, 1.54) is 22.0 Å². The summed E-state index contributed by atoms with van der Waals surface area (Å²) in [5.41, 5.74) is 2.31. The van der Waals surface area contributed by atoms with Gasteiger partial charge in [0, 0.05) is 12.2 Å². The molecule has 0 amide bonds. The van der Waals surface area contributed by atoms with Gasteiger partial charge in [-0.3, -0.25) is 4.79 Å². The molecule has 0 aliphatic heterocycles. The monoisotopic (exact) mass is 292 g/mol. The number of aliphatic carboxylic acids is 1. The molecule has 3 N–H and O–H groups in total. The molecule has 0 fully saturated rings. The lowest BCUT2D eigenvalue weighted by Crippen LogP contribution is -2.14. The van der Waals surface area contributed by atoms with E-state index < -0.39 is 5.97 Å². The summed E-state index contributed by atoms with van der Waals surface area (Å²) in [4.78, 5) is 10.5. The third-order valence-electron chi connectivity index (χ3n) is 2.77. The topological polar surface area (TPSA) is 94.0 Å². The number of thioether (sulfide) groups is 1. The van der Waals surface area contributed by atoms with Crippen LogP contribution in [0.25, 0.3) is 0 Å². The van der Waals surface area contributed by atoms with Crippen molar-refractivity contribution in [2.75, 3.05) is 11.6 Å². The van der Waals surface area contributed by atoms with Gasteiger partial charge in [-0.2, -0.15) is 0 Å². The van der Waals surface area contributed by atoms with E-state index in [1.54, 1.807) is 0 Å². The maximum Gasteiger partial charge on any atom is 0.304 e. The first-order valence-corrected chi connectivity index (χ1v) is 7.14. The zero-order valence-corrected chi connectivity index (χ0v) is 11.9. The van der Waals surface area contributed by atoms with Crippen LogP contribution in [-0.2, 0) is 11.2 Å². The largest absolute Gasteiger partial charge is 0.481 e. The highest BCUT2D eigenvalue weighted by molar-refractivity contribution is 7.99. The molecule has 1 aromatic heterocycles. The summed E-state index contributed by atoms with van der Waals surface area (Å²) in [5, 5.41) is 17.2. The Balaban J connectivity index is 2.01. The van der Waals surface area contributed by atoms with Crippen molar-refractivity contribution in [1.29, 1.82) is 0 Å². The van der Waals surface area contributed by atoms with E-state index >= 15 is 0 Å². The van der Waals surface area contributed by atoms with Crippen LogP contribution in [-0.4, -0.2) is 31.7 Å². The Morgan fingerprint density at radius 2 is 2.05 bits per heavy atom. The lowest BCUT2D eigenvalue weighted by atomic mass is 10.1. The number of benzene rings is 1. The SMILES string of the molecule is Cc1ccc(Cc2nnc(SCCC(=O)O)n2N)cc1. The van der Waals surface area contributed by atoms with Gasteiger partial charge in [0.2, 0.25) is 5.16 Å². The number of carboxylic acid groups (broad SMARTS) is 1. The zero-order chi connectivity index (χ0) is 14.5. The molecule has 6 nitrogen and oxygen atoms in total. The maximum absolute atomic E-state index is 10.5. The minimum atomic E-state index is -0.833. The van der Waals surface area contributed by atoms with Gasteiger partial charge in [-0.25, -0.2) is 4.68 Å². The number of aromatic nitrogens is 3. The van der Waals surface area contributed by atoms with Crippen LogP contribution < -0.4 is 5.84 Å². The number of nitrogen functional groups attached to an aromatic ring is 1. The quantitative estimate of drug-likeness (QED) is 0.618. The zero-order valence-electron chi connectivity index (χ0n) is 11.1. The van der Waals surface area contributed by atoms with Crippen LogP contribution in [0.4, 0.5) is 0 Å². The molecule has 0 atom stereocenters. The summed E-state index contributed by atoms with van der Waals surface area (Å²) in [5.74, 6) is 6.17. The van der Waals surface area contributed by atoms with Gasteiger partial charge >= 0.3 is 5.97 Å². The van der Waals surface area contributed by atoms with Crippen molar-refractivity contribution in [3.8, 4) is 0 Å². The first kappa shape index (κ1) is 14.4. The van der Waals surface area contributed by atoms with E-state index in [9.17, 15) is 4.79 Å². The Labute approximate surface area is 121 Å². The van der Waals surface area contributed by atoms with Gasteiger partial charge in [-0.1, -0.05) is 41.6 Å². The molecule has 0 saturated carbocycles. The van der Waals surface area contributed by atoms with Crippen LogP contribution in [0.3, 0.4) is 0 Å². The second kappa shape index (κ2) is 6.42. The van der Waals surface area contributed by atoms with Crippen molar-refractivity contribution in [3.63, 3.8) is 0 Å². The number of rotatable bonds is 6. The van der Waals surface area contributed by atoms with Gasteiger partial charge in [0.05, 0.1) is 6.42 Å². The van der Waals surface area contributed by atoms with Crippen molar-refractivity contribution in [2.24, 2.45) is 0 Å². The van der Waals surface area contributed by atoms with Crippen molar-refractivity contribution in [2.45, 2.75) is 24.9 Å². The molecule has 0 radical (unpaired) electrons. The molecular weight excluding hydrogens is 276 g/mol. The fraction of sp³-hybridized carbons (Fsp3) is 0.308. The smallest absolute Gasteiger partial charge is 0.304 e. The molecular formula is C13H16N4O2S. The molecule has 20 heavy (non-hydrogen) atoms. The minimum Gasteiger partial charge on any atom is -0.481 e. The number of carboxylic acids is 1. The summed E-state index contributed by atoms with van der Waals surface area (Å²) in [6.45, 7) is 2.03. The molecule has 2 aromatic rings. The van der Waals surface area contributed by atoms with Crippen molar-refractivity contribution >= 4 is 17.7 Å². The second-order valence-electron chi connectivity index (χ2n) is 4.42. The fourth-order valence-corrected chi connectivity index (χ4v) is 2.45. The molecule has 0 aliphatic rings. The Hall–Kier alpha value is -2.02. The number of nitrogens with two attached hydrogens (primary N) is 1. The number of carbonyl (C=O) groups is 1. The predicted molar refractivity (Wildman–Crippen MR) is 77.1 cm³/mol. The maximum atomic E-state index is 10.5. The number of aryl methyl sites for hydroxylation is 1. The van der Waals surface area contributed by atoms with Gasteiger partial charge in [0.25, 0.3) is 0 Å². The van der Waals surface area contributed by atoms with Gasteiger partial charge in [-0.15, -0.1) is 10.2 Å². The highest BCUT2D eigenvalue weighted by Gasteiger charge is 2.11. The van der Waals surface area contributed by atoms with Gasteiger partial charge < -0.3 is 10.9 Å². The molecule has 106 valence electrons. The van der Waals surface area contributed by atoms with E-state index in [4.69, 9.17) is 10.9 Å². The average molecular weight is 292 g/mol. The Kier molecular flexibility index (Phi) is 4.62. The normalized spacial score (nSPS) is 10.7. The number of hydrogen-bond donors (Lipinski definition) is 2. The number of nitrogens with zero attached hydrogens (tertiary/aromatic N) is 3. The molecule has 0 bridgehead atoms. The second-order valence-corrected chi connectivity index (χ2v) is 5.49. The van der Waals surface area contributed by atoms with Gasteiger partial charge in [0.1, 0.15) is 0 Å². The van der Waals surface area contributed by atoms with E-state index in [2.05, 4.69) is 10.2 Å². The summed E-state index contributed by atoms with van der Waals surface area (Å²) in [6.07, 6.45) is 0.675. The Bertz CT molecular complexity index is 595. The molecule has 1 heterocycles. The highest BCUT2D eigenvalue weighted by Crippen LogP contribution is 2.17. The summed E-state index contributed by atoms with van der Waals surface area (Å²) in [7, 11) is 0. The van der Waals surface area contributed by atoms with E-state index in [1.807, 2.05) is 31.2 Å². The van der Waals surface area contributed by atoms with Gasteiger partial charge in [0.15, 0.2) is 5.82 Å². The van der Waals surface area contributed by atoms with Gasteiger partial charge in [-0.05, 0) is 12.5 Å². The number of hydrogen-bond acceptors (Lipinski definition) is 5. The van der Waals surface area contributed by atoms with Crippen LogP contribution in [0.5, 0.6) is 0 Å². The minimum absolute atomic E-state index is 0.0742. The Morgan fingerprint density at radius 3 is 2.70 bits per heavy atom. The van der Waals surface area contributed by atoms with Crippen LogP contribution >= 0.6 is 11.8 Å². The summed E-state index contributed by atoms with van der Waals surface area (Å²) >= 11 is 1.29. The van der Waals surface area contributed by atoms with Crippen LogP contribution in [0, 0.1) is 6.92 Å². The van der Waals surface area contributed by atoms with E-state index in [-0.39, 0.29) is 6.42 Å². The van der Waals surface area contributed by atoms with Crippen molar-refractivity contribution in [1.82, 2.24) is 14.9 Å². The third kappa shape index (κ3) is 3.74. The first-order chi connectivity index (χ1) is 9.56. The lowest BCUT2D eigenvalue weighted by molar-refractivity contribution is -0.136. The average Bonchev–Trinajstić information content (AvgIpc) is 2.74. The molecule has 0 aliphatic carbocycles. The molecule has 0 unspecified atom stereocenters. The van der Waals surface area contributed by atoms with Crippen LogP contribution in [0.15, 0.2) is 29.4 Å². The van der Waals surface area contributed by atoms with Crippen LogP contribution in [0.1, 0.15) is 23.4 Å². The first-order valence-electron chi connectivity index (χ1n) is 6.16. The summed E-state index contributed by atoms with van der Waals surface area (Å²) in [6, 6.07) is 8.13. The van der Waals surface area contributed by atoms with Crippen molar-refractivity contribution in [3.05, 3.63) is 41.2 Å². The lowest BCUT2D eigenvalue weighted by Gasteiger charge is -2.03. The molecule has 0 saturated heterocycles. The molecule has 2 rings (SSSR count). The van der Waals surface area contributed by atoms with E-state index in [0.29, 0.717) is 23.2 Å².